The Hall–Kier alpha value is -2.57. The van der Waals surface area contributed by atoms with Gasteiger partial charge in [-0.05, 0) is 37.5 Å². The minimum absolute atomic E-state index is 0.156. The number of carbonyl (C=O) groups is 3. The summed E-state index contributed by atoms with van der Waals surface area (Å²) in [5, 5.41) is 5.03. The number of rotatable bonds is 5. The molecule has 23 heavy (non-hydrogen) atoms. The summed E-state index contributed by atoms with van der Waals surface area (Å²) in [5.41, 5.74) is 7.59. The van der Waals surface area contributed by atoms with Crippen molar-refractivity contribution in [3.8, 4) is 0 Å². The summed E-state index contributed by atoms with van der Waals surface area (Å²) in [6, 6.07) is 5.19. The van der Waals surface area contributed by atoms with E-state index >= 15 is 0 Å². The molecule has 0 aromatic heterocycles. The SMILES string of the molecule is Cc1ccc(NC(=O)C(=O)NCCCN2CCCC2=O)c(N)c1. The Bertz CT molecular complexity index is 615. The molecule has 0 unspecified atom stereocenters. The number of aryl methyl sites for hydroxylation is 1. The Morgan fingerprint density at radius 2 is 2.09 bits per heavy atom. The third-order valence-corrected chi connectivity index (χ3v) is 3.72. The fourth-order valence-electron chi connectivity index (χ4n) is 2.47. The molecule has 0 bridgehead atoms. The van der Waals surface area contributed by atoms with Crippen LogP contribution in [0, 0.1) is 6.92 Å². The maximum Gasteiger partial charge on any atom is 0.313 e. The molecule has 2 rings (SSSR count). The molecule has 0 saturated carbocycles. The molecule has 3 amide bonds. The molecule has 1 aliphatic heterocycles. The normalized spacial score (nSPS) is 14.0. The molecule has 1 heterocycles. The van der Waals surface area contributed by atoms with E-state index in [1.807, 2.05) is 6.92 Å². The average Bonchev–Trinajstić information content (AvgIpc) is 2.91. The van der Waals surface area contributed by atoms with Crippen LogP contribution in [0.1, 0.15) is 24.8 Å². The zero-order chi connectivity index (χ0) is 16.8. The van der Waals surface area contributed by atoms with Crippen LogP contribution in [-0.4, -0.2) is 42.3 Å². The quantitative estimate of drug-likeness (QED) is 0.421. The minimum Gasteiger partial charge on any atom is -0.397 e. The van der Waals surface area contributed by atoms with E-state index in [2.05, 4.69) is 10.6 Å². The minimum atomic E-state index is -0.752. The number of anilines is 2. The lowest BCUT2D eigenvalue weighted by Crippen LogP contribution is -2.37. The maximum atomic E-state index is 11.8. The van der Waals surface area contributed by atoms with Crippen molar-refractivity contribution in [2.45, 2.75) is 26.2 Å². The largest absolute Gasteiger partial charge is 0.397 e. The molecule has 1 fully saturated rings. The first-order valence-electron chi connectivity index (χ1n) is 7.70. The van der Waals surface area contributed by atoms with E-state index in [4.69, 9.17) is 5.73 Å². The van der Waals surface area contributed by atoms with Gasteiger partial charge in [-0.1, -0.05) is 6.07 Å². The van der Waals surface area contributed by atoms with Crippen LogP contribution in [0.5, 0.6) is 0 Å². The van der Waals surface area contributed by atoms with E-state index in [-0.39, 0.29) is 5.91 Å². The molecular weight excluding hydrogens is 296 g/mol. The Kier molecular flexibility index (Phi) is 5.56. The highest BCUT2D eigenvalue weighted by Gasteiger charge is 2.19. The van der Waals surface area contributed by atoms with Crippen molar-refractivity contribution < 1.29 is 14.4 Å². The zero-order valence-electron chi connectivity index (χ0n) is 13.2. The van der Waals surface area contributed by atoms with Gasteiger partial charge < -0.3 is 21.3 Å². The molecular formula is C16H22N4O3. The van der Waals surface area contributed by atoms with Gasteiger partial charge in [0.25, 0.3) is 0 Å². The number of benzene rings is 1. The first-order valence-corrected chi connectivity index (χ1v) is 7.70. The van der Waals surface area contributed by atoms with Gasteiger partial charge in [0.05, 0.1) is 11.4 Å². The third kappa shape index (κ3) is 4.70. The number of nitrogens with one attached hydrogen (secondary N) is 2. The van der Waals surface area contributed by atoms with Crippen molar-refractivity contribution in [1.29, 1.82) is 0 Å². The van der Waals surface area contributed by atoms with Crippen LogP contribution in [0.25, 0.3) is 0 Å². The van der Waals surface area contributed by atoms with Gasteiger partial charge in [0.1, 0.15) is 0 Å². The molecule has 0 atom stereocenters. The maximum absolute atomic E-state index is 11.8. The number of nitrogens with zero attached hydrogens (tertiary/aromatic N) is 1. The van der Waals surface area contributed by atoms with E-state index in [0.717, 1.165) is 18.5 Å². The summed E-state index contributed by atoms with van der Waals surface area (Å²) in [6.45, 7) is 3.62. The molecule has 0 aliphatic carbocycles. The van der Waals surface area contributed by atoms with Gasteiger partial charge in [0.2, 0.25) is 5.91 Å². The summed E-state index contributed by atoms with van der Waals surface area (Å²) in [4.78, 5) is 36.8. The van der Waals surface area contributed by atoms with E-state index in [9.17, 15) is 14.4 Å². The lowest BCUT2D eigenvalue weighted by atomic mass is 10.2. The Morgan fingerprint density at radius 3 is 2.74 bits per heavy atom. The average molecular weight is 318 g/mol. The number of nitrogens with two attached hydrogens (primary N) is 1. The van der Waals surface area contributed by atoms with Crippen molar-refractivity contribution in [3.05, 3.63) is 23.8 Å². The summed E-state index contributed by atoms with van der Waals surface area (Å²) in [7, 11) is 0. The van der Waals surface area contributed by atoms with Gasteiger partial charge in [0, 0.05) is 26.1 Å². The molecule has 1 aliphatic rings. The number of nitrogen functional groups attached to an aromatic ring is 1. The Labute approximate surface area is 135 Å². The van der Waals surface area contributed by atoms with E-state index in [1.165, 1.54) is 0 Å². The van der Waals surface area contributed by atoms with Crippen LogP contribution in [-0.2, 0) is 14.4 Å². The van der Waals surface area contributed by atoms with Gasteiger partial charge in [0.15, 0.2) is 0 Å². The Morgan fingerprint density at radius 1 is 1.30 bits per heavy atom. The highest BCUT2D eigenvalue weighted by atomic mass is 16.2. The van der Waals surface area contributed by atoms with Crippen molar-refractivity contribution in [2.75, 3.05) is 30.7 Å². The Balaban J connectivity index is 1.72. The predicted molar refractivity (Wildman–Crippen MR) is 87.7 cm³/mol. The highest BCUT2D eigenvalue weighted by Crippen LogP contribution is 2.19. The highest BCUT2D eigenvalue weighted by molar-refractivity contribution is 6.39. The van der Waals surface area contributed by atoms with Crippen molar-refractivity contribution in [3.63, 3.8) is 0 Å². The summed E-state index contributed by atoms with van der Waals surface area (Å²) < 4.78 is 0. The van der Waals surface area contributed by atoms with Crippen molar-refractivity contribution >= 4 is 29.1 Å². The second-order valence-electron chi connectivity index (χ2n) is 5.64. The van der Waals surface area contributed by atoms with Crippen molar-refractivity contribution in [1.82, 2.24) is 10.2 Å². The molecule has 124 valence electrons. The second kappa shape index (κ2) is 7.62. The number of hydrogen-bond acceptors (Lipinski definition) is 4. The summed E-state index contributed by atoms with van der Waals surface area (Å²) >= 11 is 0. The van der Waals surface area contributed by atoms with Gasteiger partial charge >= 0.3 is 11.8 Å². The number of carbonyl (C=O) groups excluding carboxylic acids is 3. The van der Waals surface area contributed by atoms with Crippen LogP contribution in [0.2, 0.25) is 0 Å². The molecule has 0 spiro atoms. The fraction of sp³-hybridized carbons (Fsp3) is 0.438. The predicted octanol–water partition coefficient (Wildman–Crippen LogP) is 0.644. The van der Waals surface area contributed by atoms with Crippen LogP contribution in [0.4, 0.5) is 11.4 Å². The lowest BCUT2D eigenvalue weighted by molar-refractivity contribution is -0.136. The first kappa shape index (κ1) is 16.8. The lowest BCUT2D eigenvalue weighted by Gasteiger charge is -2.15. The van der Waals surface area contributed by atoms with Crippen LogP contribution >= 0.6 is 0 Å². The molecule has 7 nitrogen and oxygen atoms in total. The molecule has 0 radical (unpaired) electrons. The first-order chi connectivity index (χ1) is 11.0. The molecule has 1 aromatic carbocycles. The summed E-state index contributed by atoms with van der Waals surface area (Å²) in [5.74, 6) is -1.31. The van der Waals surface area contributed by atoms with Gasteiger partial charge in [-0.2, -0.15) is 0 Å². The van der Waals surface area contributed by atoms with E-state index in [0.29, 0.717) is 37.3 Å². The molecule has 1 saturated heterocycles. The number of hydrogen-bond donors (Lipinski definition) is 3. The van der Waals surface area contributed by atoms with E-state index in [1.54, 1.807) is 23.1 Å². The standard InChI is InChI=1S/C16H22N4O3/c1-11-5-6-13(12(17)10-11)19-16(23)15(22)18-7-3-9-20-8-2-4-14(20)21/h5-6,10H,2-4,7-9,17H2,1H3,(H,18,22)(H,19,23). The second-order valence-corrected chi connectivity index (χ2v) is 5.64. The topological polar surface area (TPSA) is 105 Å². The molecule has 7 heteroatoms. The van der Waals surface area contributed by atoms with Gasteiger partial charge in [-0.3, -0.25) is 14.4 Å². The third-order valence-electron chi connectivity index (χ3n) is 3.72. The van der Waals surface area contributed by atoms with Crippen LogP contribution < -0.4 is 16.4 Å². The fourth-order valence-corrected chi connectivity index (χ4v) is 2.47. The van der Waals surface area contributed by atoms with Crippen LogP contribution in [0.3, 0.4) is 0 Å². The number of amides is 3. The van der Waals surface area contributed by atoms with Crippen LogP contribution in [0.15, 0.2) is 18.2 Å². The monoisotopic (exact) mass is 318 g/mol. The smallest absolute Gasteiger partial charge is 0.313 e. The molecule has 4 N–H and O–H groups in total. The van der Waals surface area contributed by atoms with Crippen molar-refractivity contribution in [2.24, 2.45) is 0 Å². The van der Waals surface area contributed by atoms with E-state index < -0.39 is 11.8 Å². The summed E-state index contributed by atoms with van der Waals surface area (Å²) in [6.07, 6.45) is 2.12. The van der Waals surface area contributed by atoms with Gasteiger partial charge in [-0.15, -0.1) is 0 Å². The van der Waals surface area contributed by atoms with Gasteiger partial charge in [-0.25, -0.2) is 0 Å². The molecule has 1 aromatic rings. The zero-order valence-corrected chi connectivity index (χ0v) is 13.2. The number of likely N-dealkylation sites (tertiary alicyclic amines) is 1.